The molecule has 10 heteroatoms. The highest BCUT2D eigenvalue weighted by Crippen LogP contribution is 2.24. The van der Waals surface area contributed by atoms with E-state index in [1.165, 1.54) is 23.1 Å². The fourth-order valence-electron chi connectivity index (χ4n) is 2.67. The molecule has 0 spiro atoms. The Labute approximate surface area is 175 Å². The number of carbonyl (C=O) groups is 1. The summed E-state index contributed by atoms with van der Waals surface area (Å²) in [5.74, 6) is 1.48. The van der Waals surface area contributed by atoms with Crippen LogP contribution in [0.1, 0.15) is 11.9 Å². The van der Waals surface area contributed by atoms with Crippen molar-refractivity contribution in [3.63, 3.8) is 0 Å². The maximum atomic E-state index is 12.3. The highest BCUT2D eigenvalue weighted by molar-refractivity contribution is 7.99. The third kappa shape index (κ3) is 4.54. The number of furan rings is 1. The van der Waals surface area contributed by atoms with Gasteiger partial charge >= 0.3 is 0 Å². The van der Waals surface area contributed by atoms with Crippen molar-refractivity contribution in [2.45, 2.75) is 25.2 Å². The van der Waals surface area contributed by atoms with E-state index in [-0.39, 0.29) is 11.7 Å². The van der Waals surface area contributed by atoms with Gasteiger partial charge in [-0.05, 0) is 31.2 Å². The first-order valence-corrected chi connectivity index (χ1v) is 10.8. The standard InChI is InChI=1S/C19H18N6O2S2/c1-2-25-18(15-4-3-9-27-15)23-24-19(25)29-12-16(26)21-10-17-22-14(11-28-17)13-5-7-20-8-6-13/h3-9,11H,2,10,12H2,1H3,(H,21,26). The average Bonchev–Trinajstić information content (AvgIpc) is 3.51. The van der Waals surface area contributed by atoms with E-state index in [0.29, 0.717) is 29.8 Å². The van der Waals surface area contributed by atoms with E-state index in [4.69, 9.17) is 4.42 Å². The maximum absolute atomic E-state index is 12.3. The predicted molar refractivity (Wildman–Crippen MR) is 111 cm³/mol. The van der Waals surface area contributed by atoms with Gasteiger partial charge < -0.3 is 9.73 Å². The molecule has 0 radical (unpaired) electrons. The van der Waals surface area contributed by atoms with Gasteiger partial charge in [0.15, 0.2) is 16.7 Å². The lowest BCUT2D eigenvalue weighted by Crippen LogP contribution is -2.24. The number of hydrogen-bond acceptors (Lipinski definition) is 8. The van der Waals surface area contributed by atoms with Gasteiger partial charge in [0.2, 0.25) is 5.91 Å². The number of rotatable bonds is 8. The van der Waals surface area contributed by atoms with Crippen LogP contribution in [0.15, 0.2) is 57.9 Å². The summed E-state index contributed by atoms with van der Waals surface area (Å²) in [6, 6.07) is 7.47. The molecule has 0 atom stereocenters. The number of nitrogens with zero attached hydrogens (tertiary/aromatic N) is 5. The molecule has 0 bridgehead atoms. The summed E-state index contributed by atoms with van der Waals surface area (Å²) in [5, 5.41) is 14.8. The quantitative estimate of drug-likeness (QED) is 0.431. The van der Waals surface area contributed by atoms with Crippen LogP contribution in [0.25, 0.3) is 22.8 Å². The number of thiazole rings is 1. The van der Waals surface area contributed by atoms with Crippen LogP contribution in [0.5, 0.6) is 0 Å². The predicted octanol–water partition coefficient (Wildman–Crippen LogP) is 3.49. The molecule has 1 amide bonds. The molecule has 8 nitrogen and oxygen atoms in total. The summed E-state index contributed by atoms with van der Waals surface area (Å²) in [4.78, 5) is 20.8. The van der Waals surface area contributed by atoms with E-state index in [0.717, 1.165) is 16.3 Å². The Morgan fingerprint density at radius 3 is 2.90 bits per heavy atom. The number of pyridine rings is 1. The second-order valence-corrected chi connectivity index (χ2v) is 7.84. The van der Waals surface area contributed by atoms with Crippen molar-refractivity contribution in [2.24, 2.45) is 0 Å². The van der Waals surface area contributed by atoms with Crippen LogP contribution in [0, 0.1) is 0 Å². The summed E-state index contributed by atoms with van der Waals surface area (Å²) < 4.78 is 7.33. The number of hydrogen-bond donors (Lipinski definition) is 1. The number of carbonyl (C=O) groups excluding carboxylic acids is 1. The van der Waals surface area contributed by atoms with Crippen molar-refractivity contribution in [1.29, 1.82) is 0 Å². The first-order chi connectivity index (χ1) is 14.2. The SMILES string of the molecule is CCn1c(SCC(=O)NCc2nc(-c3ccncc3)cs2)nnc1-c1ccco1. The van der Waals surface area contributed by atoms with Crippen LogP contribution < -0.4 is 5.32 Å². The molecule has 4 rings (SSSR count). The number of thioether (sulfide) groups is 1. The van der Waals surface area contributed by atoms with Gasteiger partial charge in [0.1, 0.15) is 5.01 Å². The molecule has 0 saturated heterocycles. The minimum absolute atomic E-state index is 0.0825. The maximum Gasteiger partial charge on any atom is 0.230 e. The normalized spacial score (nSPS) is 10.9. The van der Waals surface area contributed by atoms with E-state index >= 15 is 0 Å². The molecule has 0 saturated carbocycles. The van der Waals surface area contributed by atoms with Crippen LogP contribution in [-0.2, 0) is 17.9 Å². The van der Waals surface area contributed by atoms with E-state index in [1.807, 2.05) is 41.1 Å². The molecule has 0 aromatic carbocycles. The van der Waals surface area contributed by atoms with Gasteiger partial charge in [-0.15, -0.1) is 21.5 Å². The zero-order valence-corrected chi connectivity index (χ0v) is 17.2. The van der Waals surface area contributed by atoms with E-state index in [9.17, 15) is 4.79 Å². The van der Waals surface area contributed by atoms with Crippen LogP contribution >= 0.6 is 23.1 Å². The fraction of sp³-hybridized carbons (Fsp3) is 0.211. The first-order valence-electron chi connectivity index (χ1n) is 8.96. The monoisotopic (exact) mass is 426 g/mol. The molecule has 0 aliphatic carbocycles. The molecule has 4 aromatic heterocycles. The van der Waals surface area contributed by atoms with Crippen LogP contribution in [0.3, 0.4) is 0 Å². The Morgan fingerprint density at radius 1 is 1.28 bits per heavy atom. The Kier molecular flexibility index (Phi) is 6.01. The lowest BCUT2D eigenvalue weighted by molar-refractivity contribution is -0.118. The summed E-state index contributed by atoms with van der Waals surface area (Å²) in [5.41, 5.74) is 1.90. The molecule has 4 aromatic rings. The number of amides is 1. The van der Waals surface area contributed by atoms with Gasteiger partial charge in [-0.25, -0.2) is 4.98 Å². The molecular weight excluding hydrogens is 408 g/mol. The average molecular weight is 427 g/mol. The number of aromatic nitrogens is 5. The highest BCUT2D eigenvalue weighted by atomic mass is 32.2. The summed E-state index contributed by atoms with van der Waals surface area (Å²) >= 11 is 2.87. The molecule has 148 valence electrons. The molecule has 0 fully saturated rings. The Morgan fingerprint density at radius 2 is 2.14 bits per heavy atom. The zero-order chi connectivity index (χ0) is 20.1. The summed E-state index contributed by atoms with van der Waals surface area (Å²) in [6.45, 7) is 3.08. The zero-order valence-electron chi connectivity index (χ0n) is 15.6. The highest BCUT2D eigenvalue weighted by Gasteiger charge is 2.16. The fourth-order valence-corrected chi connectivity index (χ4v) is 4.25. The molecule has 4 heterocycles. The van der Waals surface area contributed by atoms with Crippen molar-refractivity contribution in [2.75, 3.05) is 5.75 Å². The third-order valence-electron chi connectivity index (χ3n) is 4.07. The van der Waals surface area contributed by atoms with E-state index < -0.39 is 0 Å². The van der Waals surface area contributed by atoms with Gasteiger partial charge in [0.05, 0.1) is 24.3 Å². The van der Waals surface area contributed by atoms with Gasteiger partial charge in [0, 0.05) is 29.9 Å². The van der Waals surface area contributed by atoms with Crippen molar-refractivity contribution < 1.29 is 9.21 Å². The topological polar surface area (TPSA) is 98.7 Å². The number of nitrogens with one attached hydrogen (secondary N) is 1. The molecule has 0 unspecified atom stereocenters. The van der Waals surface area contributed by atoms with E-state index in [1.54, 1.807) is 18.7 Å². The van der Waals surface area contributed by atoms with Crippen molar-refractivity contribution >= 4 is 29.0 Å². The van der Waals surface area contributed by atoms with Gasteiger partial charge in [-0.1, -0.05) is 11.8 Å². The molecule has 0 aliphatic heterocycles. The van der Waals surface area contributed by atoms with Crippen LogP contribution in [-0.4, -0.2) is 36.4 Å². The third-order valence-corrected chi connectivity index (χ3v) is 5.89. The summed E-state index contributed by atoms with van der Waals surface area (Å²) in [6.07, 6.45) is 5.07. The lowest BCUT2D eigenvalue weighted by atomic mass is 10.2. The summed E-state index contributed by atoms with van der Waals surface area (Å²) in [7, 11) is 0. The Balaban J connectivity index is 1.32. The van der Waals surface area contributed by atoms with Crippen LogP contribution in [0.4, 0.5) is 0 Å². The minimum atomic E-state index is -0.0825. The lowest BCUT2D eigenvalue weighted by Gasteiger charge is -2.06. The smallest absolute Gasteiger partial charge is 0.230 e. The van der Waals surface area contributed by atoms with Crippen molar-refractivity contribution in [1.82, 2.24) is 30.0 Å². The molecule has 29 heavy (non-hydrogen) atoms. The molecule has 1 N–H and O–H groups in total. The van der Waals surface area contributed by atoms with E-state index in [2.05, 4.69) is 25.5 Å². The van der Waals surface area contributed by atoms with Crippen molar-refractivity contribution in [3.8, 4) is 22.8 Å². The molecular formula is C19H18N6O2S2. The largest absolute Gasteiger partial charge is 0.461 e. The second kappa shape index (κ2) is 9.01. The first kappa shape index (κ1) is 19.3. The second-order valence-electron chi connectivity index (χ2n) is 5.96. The minimum Gasteiger partial charge on any atom is -0.461 e. The van der Waals surface area contributed by atoms with Gasteiger partial charge in [-0.3, -0.25) is 14.3 Å². The van der Waals surface area contributed by atoms with Gasteiger partial charge in [0.25, 0.3) is 0 Å². The van der Waals surface area contributed by atoms with Crippen molar-refractivity contribution in [3.05, 3.63) is 53.3 Å². The Hall–Kier alpha value is -2.98. The molecule has 0 aliphatic rings. The van der Waals surface area contributed by atoms with Crippen LogP contribution in [0.2, 0.25) is 0 Å². The van der Waals surface area contributed by atoms with Gasteiger partial charge in [-0.2, -0.15) is 0 Å². The Bertz CT molecular complexity index is 1080.